The Morgan fingerprint density at radius 3 is 2.52 bits per heavy atom. The standard InChI is InChI=1S/C20H20N6O3/c1-13-8-9-14(2)16(10-13)23-19-18(26(28)29)20(22-12-21-19)25-24-17(27)11-15-6-4-3-5-7-15/h3-10,12H,11H2,1-2H3,(H,24,27)(H2,21,22,23,25). The fourth-order valence-electron chi connectivity index (χ4n) is 2.69. The van der Waals surface area contributed by atoms with Gasteiger partial charge in [-0.1, -0.05) is 42.5 Å². The molecule has 0 saturated carbocycles. The van der Waals surface area contributed by atoms with Gasteiger partial charge in [0.05, 0.1) is 11.3 Å². The van der Waals surface area contributed by atoms with Crippen LogP contribution in [-0.4, -0.2) is 20.8 Å². The monoisotopic (exact) mass is 392 g/mol. The number of amides is 1. The van der Waals surface area contributed by atoms with Gasteiger partial charge >= 0.3 is 5.69 Å². The number of aryl methyl sites for hydroxylation is 2. The Morgan fingerprint density at radius 2 is 1.79 bits per heavy atom. The lowest BCUT2D eigenvalue weighted by atomic mass is 10.1. The zero-order valence-corrected chi connectivity index (χ0v) is 16.0. The van der Waals surface area contributed by atoms with Crippen LogP contribution in [0.4, 0.5) is 23.0 Å². The zero-order chi connectivity index (χ0) is 20.8. The number of nitro groups is 1. The molecule has 9 heteroatoms. The van der Waals surface area contributed by atoms with Gasteiger partial charge < -0.3 is 5.32 Å². The summed E-state index contributed by atoms with van der Waals surface area (Å²) in [6.07, 6.45) is 1.31. The summed E-state index contributed by atoms with van der Waals surface area (Å²) in [5.74, 6) is -0.439. The Hall–Kier alpha value is -4.01. The predicted molar refractivity (Wildman–Crippen MR) is 110 cm³/mol. The Kier molecular flexibility index (Phi) is 5.98. The molecule has 0 aliphatic carbocycles. The van der Waals surface area contributed by atoms with Crippen LogP contribution in [0, 0.1) is 24.0 Å². The van der Waals surface area contributed by atoms with Crippen molar-refractivity contribution >= 4 is 28.9 Å². The van der Waals surface area contributed by atoms with Gasteiger partial charge in [-0.25, -0.2) is 9.97 Å². The van der Waals surface area contributed by atoms with E-state index < -0.39 is 4.92 Å². The first-order chi connectivity index (χ1) is 13.9. The third-order valence-electron chi connectivity index (χ3n) is 4.18. The van der Waals surface area contributed by atoms with E-state index in [2.05, 4.69) is 26.1 Å². The second-order valence-corrected chi connectivity index (χ2v) is 6.46. The number of aromatic nitrogens is 2. The van der Waals surface area contributed by atoms with E-state index in [0.29, 0.717) is 5.69 Å². The molecule has 1 aromatic heterocycles. The van der Waals surface area contributed by atoms with Crippen LogP contribution >= 0.6 is 0 Å². The number of carbonyl (C=O) groups is 1. The molecule has 0 saturated heterocycles. The van der Waals surface area contributed by atoms with E-state index in [1.807, 2.05) is 62.4 Å². The van der Waals surface area contributed by atoms with Gasteiger partial charge in [-0.05, 0) is 36.6 Å². The highest BCUT2D eigenvalue weighted by atomic mass is 16.6. The van der Waals surface area contributed by atoms with Gasteiger partial charge in [0.25, 0.3) is 0 Å². The van der Waals surface area contributed by atoms with E-state index in [-0.39, 0.29) is 29.7 Å². The molecule has 29 heavy (non-hydrogen) atoms. The molecule has 2 aromatic carbocycles. The number of hydrazine groups is 1. The largest absolute Gasteiger partial charge is 0.355 e. The van der Waals surface area contributed by atoms with Crippen molar-refractivity contribution in [3.05, 3.63) is 81.7 Å². The van der Waals surface area contributed by atoms with Crippen LogP contribution in [0.15, 0.2) is 54.9 Å². The van der Waals surface area contributed by atoms with E-state index in [9.17, 15) is 14.9 Å². The van der Waals surface area contributed by atoms with E-state index in [1.165, 1.54) is 6.33 Å². The average Bonchev–Trinajstić information content (AvgIpc) is 2.70. The van der Waals surface area contributed by atoms with Crippen molar-refractivity contribution < 1.29 is 9.72 Å². The number of anilines is 3. The second-order valence-electron chi connectivity index (χ2n) is 6.46. The van der Waals surface area contributed by atoms with E-state index >= 15 is 0 Å². The van der Waals surface area contributed by atoms with E-state index in [4.69, 9.17) is 0 Å². The van der Waals surface area contributed by atoms with E-state index in [1.54, 1.807) is 0 Å². The lowest BCUT2D eigenvalue weighted by Gasteiger charge is -2.12. The molecule has 3 N–H and O–H groups in total. The van der Waals surface area contributed by atoms with Crippen LogP contribution in [0.5, 0.6) is 0 Å². The van der Waals surface area contributed by atoms with Crippen molar-refractivity contribution in [2.75, 3.05) is 10.7 Å². The molecule has 1 amide bonds. The van der Waals surface area contributed by atoms with E-state index in [0.717, 1.165) is 16.7 Å². The third-order valence-corrected chi connectivity index (χ3v) is 4.18. The predicted octanol–water partition coefficient (Wildman–Crippen LogP) is 3.43. The summed E-state index contributed by atoms with van der Waals surface area (Å²) in [6, 6.07) is 14.9. The minimum atomic E-state index is -0.598. The summed E-state index contributed by atoms with van der Waals surface area (Å²) in [4.78, 5) is 31.1. The summed E-state index contributed by atoms with van der Waals surface area (Å²) in [6.45, 7) is 3.81. The highest BCUT2D eigenvalue weighted by Gasteiger charge is 2.24. The molecule has 3 rings (SSSR count). The fraction of sp³-hybridized carbons (Fsp3) is 0.150. The molecule has 1 heterocycles. The number of nitrogens with one attached hydrogen (secondary N) is 3. The second kappa shape index (κ2) is 8.79. The van der Waals surface area contributed by atoms with Gasteiger partial charge in [0.15, 0.2) is 0 Å². The van der Waals surface area contributed by atoms with Crippen LogP contribution in [0.2, 0.25) is 0 Å². The van der Waals surface area contributed by atoms with Crippen LogP contribution in [-0.2, 0) is 11.2 Å². The van der Waals surface area contributed by atoms with Crippen molar-refractivity contribution in [2.24, 2.45) is 0 Å². The molecule has 0 fully saturated rings. The first-order valence-electron chi connectivity index (χ1n) is 8.86. The van der Waals surface area contributed by atoms with Gasteiger partial charge in [-0.2, -0.15) is 0 Å². The van der Waals surface area contributed by atoms with Crippen LogP contribution < -0.4 is 16.2 Å². The number of rotatable bonds is 7. The van der Waals surface area contributed by atoms with Crippen LogP contribution in [0.3, 0.4) is 0 Å². The molecule has 148 valence electrons. The van der Waals surface area contributed by atoms with Gasteiger partial charge in [0.1, 0.15) is 6.33 Å². The molecule has 3 aromatic rings. The van der Waals surface area contributed by atoms with Crippen molar-refractivity contribution in [3.63, 3.8) is 0 Å². The third kappa shape index (κ3) is 5.04. The molecular weight excluding hydrogens is 372 g/mol. The molecule has 9 nitrogen and oxygen atoms in total. The van der Waals surface area contributed by atoms with Crippen molar-refractivity contribution in [2.45, 2.75) is 20.3 Å². The SMILES string of the molecule is Cc1ccc(C)c(Nc2ncnc(NNC(=O)Cc3ccccc3)c2[N+](=O)[O-])c1. The molecule has 0 unspecified atom stereocenters. The number of hydrogen-bond donors (Lipinski definition) is 3. The maximum atomic E-state index is 12.1. The normalized spacial score (nSPS) is 10.3. The summed E-state index contributed by atoms with van der Waals surface area (Å²) >= 11 is 0. The van der Waals surface area contributed by atoms with Gasteiger partial charge in [0, 0.05) is 5.69 Å². The topological polar surface area (TPSA) is 122 Å². The summed E-state index contributed by atoms with van der Waals surface area (Å²) in [5, 5.41) is 14.6. The molecule has 0 spiro atoms. The first kappa shape index (κ1) is 19.7. The Balaban J connectivity index is 1.79. The lowest BCUT2D eigenvalue weighted by molar-refractivity contribution is -0.383. The summed E-state index contributed by atoms with van der Waals surface area (Å²) in [5.41, 5.74) is 8.04. The molecule has 0 radical (unpaired) electrons. The van der Waals surface area contributed by atoms with Gasteiger partial charge in [-0.15, -0.1) is 0 Å². The quantitative estimate of drug-likeness (QED) is 0.416. The molecular formula is C20H20N6O3. The Morgan fingerprint density at radius 1 is 1.07 bits per heavy atom. The number of benzene rings is 2. The van der Waals surface area contributed by atoms with Gasteiger partial charge in [-0.3, -0.25) is 25.8 Å². The Bertz CT molecular complexity index is 1040. The van der Waals surface area contributed by atoms with Crippen LogP contribution in [0.1, 0.15) is 16.7 Å². The molecule has 0 aliphatic rings. The maximum Gasteiger partial charge on any atom is 0.355 e. The summed E-state index contributed by atoms with van der Waals surface area (Å²) in [7, 11) is 0. The maximum absolute atomic E-state index is 12.1. The van der Waals surface area contributed by atoms with Gasteiger partial charge in [0.2, 0.25) is 17.5 Å². The van der Waals surface area contributed by atoms with Crippen molar-refractivity contribution in [3.8, 4) is 0 Å². The molecule has 0 atom stereocenters. The smallest absolute Gasteiger partial charge is 0.334 e. The number of nitrogens with zero attached hydrogens (tertiary/aromatic N) is 3. The van der Waals surface area contributed by atoms with Crippen LogP contribution in [0.25, 0.3) is 0 Å². The Labute approximate surface area is 167 Å². The highest BCUT2D eigenvalue weighted by molar-refractivity contribution is 5.81. The average molecular weight is 392 g/mol. The number of hydrogen-bond acceptors (Lipinski definition) is 7. The minimum Gasteiger partial charge on any atom is -0.334 e. The minimum absolute atomic E-state index is 0.0264. The molecule has 0 aliphatic heterocycles. The molecule has 0 bridgehead atoms. The van der Waals surface area contributed by atoms with Crippen molar-refractivity contribution in [1.29, 1.82) is 0 Å². The number of carbonyl (C=O) groups excluding carboxylic acids is 1. The zero-order valence-electron chi connectivity index (χ0n) is 16.0. The summed E-state index contributed by atoms with van der Waals surface area (Å²) < 4.78 is 0. The fourth-order valence-corrected chi connectivity index (χ4v) is 2.69. The highest BCUT2D eigenvalue weighted by Crippen LogP contribution is 2.31. The lowest BCUT2D eigenvalue weighted by Crippen LogP contribution is -2.31. The first-order valence-corrected chi connectivity index (χ1v) is 8.86. The van der Waals surface area contributed by atoms with Crippen molar-refractivity contribution in [1.82, 2.24) is 15.4 Å².